The van der Waals surface area contributed by atoms with Crippen molar-refractivity contribution in [3.8, 4) is 23.8 Å². The van der Waals surface area contributed by atoms with Crippen LogP contribution in [0.2, 0.25) is 5.02 Å². The third kappa shape index (κ3) is 4.35. The van der Waals surface area contributed by atoms with Crippen molar-refractivity contribution in [3.05, 3.63) is 22.7 Å². The molecule has 0 spiro atoms. The number of halogens is 2. The fourth-order valence-corrected chi connectivity index (χ4v) is 1.66. The first-order valence-corrected chi connectivity index (χ1v) is 5.15. The molecule has 0 fully saturated rings. The van der Waals surface area contributed by atoms with Gasteiger partial charge >= 0.3 is 0 Å². The number of terminal acetylenes is 1. The van der Waals surface area contributed by atoms with Gasteiger partial charge in [-0.1, -0.05) is 17.5 Å². The fraction of sp³-hybridized carbons (Fsp3) is 0.333. The molecule has 0 aliphatic heterocycles. The molecule has 17 heavy (non-hydrogen) atoms. The molecule has 0 amide bonds. The second kappa shape index (κ2) is 8.08. The van der Waals surface area contributed by atoms with E-state index in [1.54, 1.807) is 14.2 Å². The van der Waals surface area contributed by atoms with Gasteiger partial charge in [0.05, 0.1) is 25.8 Å². The number of hydrogen-bond donors (Lipinski definition) is 1. The normalized spacial score (nSPS) is 9.06. The summed E-state index contributed by atoms with van der Waals surface area (Å²) in [5.74, 6) is 3.67. The van der Waals surface area contributed by atoms with Crippen molar-refractivity contribution in [2.75, 3.05) is 20.8 Å². The second-order valence-electron chi connectivity index (χ2n) is 3.12. The Morgan fingerprint density at radius 3 is 2.59 bits per heavy atom. The minimum atomic E-state index is 0. The third-order valence-electron chi connectivity index (χ3n) is 2.05. The van der Waals surface area contributed by atoms with Gasteiger partial charge in [0.2, 0.25) is 0 Å². The zero-order chi connectivity index (χ0) is 12.0. The first-order chi connectivity index (χ1) is 7.72. The topological polar surface area (TPSA) is 30.5 Å². The molecule has 0 aliphatic rings. The van der Waals surface area contributed by atoms with Crippen molar-refractivity contribution in [2.45, 2.75) is 6.54 Å². The van der Waals surface area contributed by atoms with E-state index in [0.717, 1.165) is 5.56 Å². The molecule has 1 aromatic carbocycles. The van der Waals surface area contributed by atoms with Crippen molar-refractivity contribution >= 4 is 24.0 Å². The lowest BCUT2D eigenvalue weighted by molar-refractivity contribution is 0.354. The Hall–Kier alpha value is -1.08. The van der Waals surface area contributed by atoms with Crippen LogP contribution < -0.4 is 14.8 Å². The van der Waals surface area contributed by atoms with Crippen LogP contribution in [0.3, 0.4) is 0 Å². The van der Waals surface area contributed by atoms with Gasteiger partial charge in [0, 0.05) is 6.54 Å². The van der Waals surface area contributed by atoms with Crippen molar-refractivity contribution in [1.29, 1.82) is 0 Å². The Morgan fingerprint density at radius 2 is 2.06 bits per heavy atom. The zero-order valence-corrected chi connectivity index (χ0v) is 11.3. The van der Waals surface area contributed by atoms with Gasteiger partial charge in [0.15, 0.2) is 11.5 Å². The van der Waals surface area contributed by atoms with E-state index in [1.807, 2.05) is 12.1 Å². The van der Waals surface area contributed by atoms with Crippen LogP contribution in [-0.2, 0) is 6.54 Å². The number of rotatable bonds is 5. The molecule has 0 bridgehead atoms. The first-order valence-electron chi connectivity index (χ1n) is 4.77. The van der Waals surface area contributed by atoms with Gasteiger partial charge in [-0.3, -0.25) is 0 Å². The highest BCUT2D eigenvalue weighted by molar-refractivity contribution is 6.32. The highest BCUT2D eigenvalue weighted by atomic mass is 35.5. The molecule has 0 saturated carbocycles. The number of ether oxygens (including phenoxy) is 2. The summed E-state index contributed by atoms with van der Waals surface area (Å²) >= 11 is 6.05. The predicted molar refractivity (Wildman–Crippen MR) is 72.3 cm³/mol. The summed E-state index contributed by atoms with van der Waals surface area (Å²) in [5.41, 5.74) is 0.998. The lowest BCUT2D eigenvalue weighted by atomic mass is 10.2. The van der Waals surface area contributed by atoms with E-state index in [2.05, 4.69) is 11.2 Å². The number of nitrogens with one attached hydrogen (secondary N) is 1. The van der Waals surface area contributed by atoms with E-state index >= 15 is 0 Å². The molecule has 3 nitrogen and oxygen atoms in total. The van der Waals surface area contributed by atoms with Gasteiger partial charge in [-0.2, -0.15) is 0 Å². The van der Waals surface area contributed by atoms with E-state index in [1.165, 1.54) is 0 Å². The Labute approximate surface area is 113 Å². The minimum absolute atomic E-state index is 0. The molecule has 1 aromatic rings. The lowest BCUT2D eigenvalue weighted by Gasteiger charge is -2.11. The zero-order valence-electron chi connectivity index (χ0n) is 9.75. The molecular formula is C12H15Cl2NO2. The van der Waals surface area contributed by atoms with Crippen LogP contribution in [0.15, 0.2) is 12.1 Å². The van der Waals surface area contributed by atoms with Gasteiger partial charge < -0.3 is 14.8 Å². The highest BCUT2D eigenvalue weighted by Gasteiger charge is 2.10. The molecule has 94 valence electrons. The largest absolute Gasteiger partial charge is 0.493 e. The number of benzene rings is 1. The van der Waals surface area contributed by atoms with Crippen LogP contribution in [-0.4, -0.2) is 20.8 Å². The van der Waals surface area contributed by atoms with Crippen molar-refractivity contribution < 1.29 is 9.47 Å². The Kier molecular flexibility index (Phi) is 7.56. The maximum Gasteiger partial charge on any atom is 0.179 e. The van der Waals surface area contributed by atoms with E-state index in [9.17, 15) is 0 Å². The lowest BCUT2D eigenvalue weighted by Crippen LogP contribution is -2.13. The molecule has 0 heterocycles. The molecule has 0 saturated heterocycles. The summed E-state index contributed by atoms with van der Waals surface area (Å²) in [6.45, 7) is 1.16. The smallest absolute Gasteiger partial charge is 0.179 e. The summed E-state index contributed by atoms with van der Waals surface area (Å²) < 4.78 is 10.3. The molecule has 1 N–H and O–H groups in total. The molecule has 0 aliphatic carbocycles. The van der Waals surface area contributed by atoms with Gasteiger partial charge in [-0.05, 0) is 17.7 Å². The Morgan fingerprint density at radius 1 is 1.35 bits per heavy atom. The van der Waals surface area contributed by atoms with Crippen LogP contribution >= 0.6 is 24.0 Å². The van der Waals surface area contributed by atoms with E-state index in [0.29, 0.717) is 29.6 Å². The molecular weight excluding hydrogens is 261 g/mol. The molecule has 0 unspecified atom stereocenters. The fourth-order valence-electron chi connectivity index (χ4n) is 1.35. The van der Waals surface area contributed by atoms with Crippen molar-refractivity contribution in [1.82, 2.24) is 5.32 Å². The van der Waals surface area contributed by atoms with Crippen LogP contribution in [0.1, 0.15) is 5.56 Å². The Balaban J connectivity index is 0.00000256. The molecule has 1 rings (SSSR count). The summed E-state index contributed by atoms with van der Waals surface area (Å²) in [4.78, 5) is 0. The van der Waals surface area contributed by atoms with Gasteiger partial charge in [0.1, 0.15) is 0 Å². The quantitative estimate of drug-likeness (QED) is 0.662. The molecule has 5 heteroatoms. The standard InChI is InChI=1S/C12H14ClNO2.ClH/c1-4-5-14-8-9-6-10(13)12(16-3)11(7-9)15-2;/h1,6-7,14H,5,8H2,2-3H3;1H. The van der Waals surface area contributed by atoms with Crippen LogP contribution in [0.25, 0.3) is 0 Å². The van der Waals surface area contributed by atoms with Crippen LogP contribution in [0, 0.1) is 12.3 Å². The SMILES string of the molecule is C#CCNCc1cc(Cl)c(OC)c(OC)c1.Cl. The van der Waals surface area contributed by atoms with E-state index < -0.39 is 0 Å². The average molecular weight is 276 g/mol. The molecule has 0 radical (unpaired) electrons. The predicted octanol–water partition coefficient (Wildman–Crippen LogP) is 2.50. The van der Waals surface area contributed by atoms with Crippen LogP contribution in [0.5, 0.6) is 11.5 Å². The van der Waals surface area contributed by atoms with Crippen molar-refractivity contribution in [2.24, 2.45) is 0 Å². The monoisotopic (exact) mass is 275 g/mol. The van der Waals surface area contributed by atoms with Crippen LogP contribution in [0.4, 0.5) is 0 Å². The Bertz CT molecular complexity index is 402. The number of hydrogen-bond acceptors (Lipinski definition) is 3. The van der Waals surface area contributed by atoms with Crippen molar-refractivity contribution in [3.63, 3.8) is 0 Å². The summed E-state index contributed by atoms with van der Waals surface area (Å²) in [6.07, 6.45) is 5.14. The summed E-state index contributed by atoms with van der Waals surface area (Å²) in [6, 6.07) is 3.70. The highest BCUT2D eigenvalue weighted by Crippen LogP contribution is 2.35. The van der Waals surface area contributed by atoms with Gasteiger partial charge in [-0.15, -0.1) is 18.8 Å². The maximum absolute atomic E-state index is 6.05. The maximum atomic E-state index is 6.05. The first kappa shape index (κ1) is 15.9. The molecule has 0 atom stereocenters. The number of methoxy groups -OCH3 is 2. The summed E-state index contributed by atoms with van der Waals surface area (Å²) in [5, 5.41) is 3.60. The van der Waals surface area contributed by atoms with E-state index in [4.69, 9.17) is 27.5 Å². The second-order valence-corrected chi connectivity index (χ2v) is 3.53. The third-order valence-corrected chi connectivity index (χ3v) is 2.33. The van der Waals surface area contributed by atoms with E-state index in [-0.39, 0.29) is 12.4 Å². The summed E-state index contributed by atoms with van der Waals surface area (Å²) in [7, 11) is 3.13. The average Bonchev–Trinajstić information content (AvgIpc) is 2.28. The minimum Gasteiger partial charge on any atom is -0.493 e. The molecule has 0 aromatic heterocycles. The van der Waals surface area contributed by atoms with Gasteiger partial charge in [0.25, 0.3) is 0 Å². The van der Waals surface area contributed by atoms with Gasteiger partial charge in [-0.25, -0.2) is 0 Å².